The van der Waals surface area contributed by atoms with Gasteiger partial charge in [0.15, 0.2) is 0 Å². The van der Waals surface area contributed by atoms with Gasteiger partial charge in [-0.15, -0.1) is 0 Å². The standard InChI is InChI=1S/C18H23NO4S/c1-2-23-17-9-11-18(12-10-17)24(20,21)19-13-6-14-22-15-16-7-4-3-5-8-16/h3-5,7-12,19H,2,6,13-15H2,1H3. The largest absolute Gasteiger partial charge is 0.494 e. The molecule has 0 heterocycles. The molecule has 6 heteroatoms. The van der Waals surface area contributed by atoms with Crippen molar-refractivity contribution in [1.29, 1.82) is 0 Å². The van der Waals surface area contributed by atoms with Gasteiger partial charge in [0.2, 0.25) is 10.0 Å². The van der Waals surface area contributed by atoms with E-state index < -0.39 is 10.0 Å². The molecule has 0 saturated carbocycles. The van der Waals surface area contributed by atoms with Gasteiger partial charge in [-0.2, -0.15) is 0 Å². The number of benzene rings is 2. The van der Waals surface area contributed by atoms with E-state index in [4.69, 9.17) is 9.47 Å². The highest BCUT2D eigenvalue weighted by molar-refractivity contribution is 7.89. The summed E-state index contributed by atoms with van der Waals surface area (Å²) in [5, 5.41) is 0. The summed E-state index contributed by atoms with van der Waals surface area (Å²) in [6, 6.07) is 16.3. The fourth-order valence-corrected chi connectivity index (χ4v) is 3.18. The zero-order valence-corrected chi connectivity index (χ0v) is 14.6. The second kappa shape index (κ2) is 9.42. The van der Waals surface area contributed by atoms with E-state index >= 15 is 0 Å². The third-order valence-electron chi connectivity index (χ3n) is 3.31. The van der Waals surface area contributed by atoms with E-state index in [0.29, 0.717) is 38.5 Å². The highest BCUT2D eigenvalue weighted by Gasteiger charge is 2.13. The number of rotatable bonds is 10. The Morgan fingerprint density at radius 3 is 2.38 bits per heavy atom. The lowest BCUT2D eigenvalue weighted by Gasteiger charge is -2.08. The average molecular weight is 349 g/mol. The average Bonchev–Trinajstić information content (AvgIpc) is 2.60. The van der Waals surface area contributed by atoms with Gasteiger partial charge in [0.25, 0.3) is 0 Å². The van der Waals surface area contributed by atoms with Gasteiger partial charge in [0.05, 0.1) is 18.1 Å². The van der Waals surface area contributed by atoms with E-state index in [9.17, 15) is 8.42 Å². The predicted octanol–water partition coefficient (Wildman–Crippen LogP) is 2.97. The molecule has 0 spiro atoms. The van der Waals surface area contributed by atoms with Gasteiger partial charge in [0.1, 0.15) is 5.75 Å². The number of sulfonamides is 1. The first kappa shape index (κ1) is 18.4. The molecule has 0 unspecified atom stereocenters. The van der Waals surface area contributed by atoms with Crippen LogP contribution in [0.3, 0.4) is 0 Å². The third kappa shape index (κ3) is 5.96. The number of ether oxygens (including phenoxy) is 2. The highest BCUT2D eigenvalue weighted by Crippen LogP contribution is 2.15. The minimum atomic E-state index is -3.49. The Hall–Kier alpha value is -1.89. The summed E-state index contributed by atoms with van der Waals surface area (Å²) in [7, 11) is -3.49. The van der Waals surface area contributed by atoms with Crippen molar-refractivity contribution in [2.45, 2.75) is 24.8 Å². The first-order chi connectivity index (χ1) is 11.6. The first-order valence-corrected chi connectivity index (χ1v) is 9.44. The van der Waals surface area contributed by atoms with Crippen molar-refractivity contribution < 1.29 is 17.9 Å². The molecule has 0 fully saturated rings. The van der Waals surface area contributed by atoms with Gasteiger partial charge >= 0.3 is 0 Å². The van der Waals surface area contributed by atoms with Gasteiger partial charge in [-0.1, -0.05) is 30.3 Å². The molecule has 0 aliphatic rings. The van der Waals surface area contributed by atoms with Crippen LogP contribution in [0.5, 0.6) is 5.75 Å². The maximum atomic E-state index is 12.2. The van der Waals surface area contributed by atoms with Gasteiger partial charge < -0.3 is 9.47 Å². The minimum absolute atomic E-state index is 0.233. The molecule has 2 rings (SSSR count). The van der Waals surface area contributed by atoms with E-state index in [-0.39, 0.29) is 4.90 Å². The monoisotopic (exact) mass is 349 g/mol. The molecule has 5 nitrogen and oxygen atoms in total. The van der Waals surface area contributed by atoms with Crippen molar-refractivity contribution >= 4 is 10.0 Å². The smallest absolute Gasteiger partial charge is 0.240 e. The number of hydrogen-bond donors (Lipinski definition) is 1. The SMILES string of the molecule is CCOc1ccc(S(=O)(=O)NCCCOCc2ccccc2)cc1. The Bertz CT molecular complexity index is 700. The summed E-state index contributed by atoms with van der Waals surface area (Å²) < 4.78 is 37.7. The maximum absolute atomic E-state index is 12.2. The van der Waals surface area contributed by atoms with Crippen LogP contribution >= 0.6 is 0 Å². The second-order valence-electron chi connectivity index (χ2n) is 5.19. The lowest BCUT2D eigenvalue weighted by molar-refractivity contribution is 0.119. The molecule has 0 saturated heterocycles. The van der Waals surface area contributed by atoms with Crippen molar-refractivity contribution in [2.24, 2.45) is 0 Å². The summed E-state index contributed by atoms with van der Waals surface area (Å²) in [5.74, 6) is 0.658. The normalized spacial score (nSPS) is 11.4. The van der Waals surface area contributed by atoms with Crippen molar-refractivity contribution in [2.75, 3.05) is 19.8 Å². The minimum Gasteiger partial charge on any atom is -0.494 e. The van der Waals surface area contributed by atoms with E-state index in [2.05, 4.69) is 4.72 Å². The van der Waals surface area contributed by atoms with E-state index in [0.717, 1.165) is 5.56 Å². The summed E-state index contributed by atoms with van der Waals surface area (Å²) in [6.45, 7) is 3.80. The first-order valence-electron chi connectivity index (χ1n) is 7.96. The molecular formula is C18H23NO4S. The molecule has 2 aromatic carbocycles. The Labute approximate surface area is 143 Å². The van der Waals surface area contributed by atoms with Gasteiger partial charge in [-0.3, -0.25) is 0 Å². The molecular weight excluding hydrogens is 326 g/mol. The quantitative estimate of drug-likeness (QED) is 0.670. The van der Waals surface area contributed by atoms with Gasteiger partial charge in [-0.25, -0.2) is 13.1 Å². The molecule has 0 amide bonds. The third-order valence-corrected chi connectivity index (χ3v) is 4.79. The fraction of sp³-hybridized carbons (Fsp3) is 0.333. The zero-order chi connectivity index (χ0) is 17.3. The Morgan fingerprint density at radius 2 is 1.71 bits per heavy atom. The van der Waals surface area contributed by atoms with Crippen LogP contribution in [0.4, 0.5) is 0 Å². The van der Waals surface area contributed by atoms with Crippen LogP contribution < -0.4 is 9.46 Å². The molecule has 1 N–H and O–H groups in total. The van der Waals surface area contributed by atoms with Crippen LogP contribution in [0.25, 0.3) is 0 Å². The second-order valence-corrected chi connectivity index (χ2v) is 6.96. The van der Waals surface area contributed by atoms with E-state index in [1.165, 1.54) is 0 Å². The molecule has 0 radical (unpaired) electrons. The highest BCUT2D eigenvalue weighted by atomic mass is 32.2. The molecule has 0 aliphatic carbocycles. The van der Waals surface area contributed by atoms with Crippen LogP contribution in [0.1, 0.15) is 18.9 Å². The van der Waals surface area contributed by atoms with Crippen molar-refractivity contribution in [1.82, 2.24) is 4.72 Å². The Morgan fingerprint density at radius 1 is 1.00 bits per heavy atom. The molecule has 0 bridgehead atoms. The summed E-state index contributed by atoms with van der Waals surface area (Å²) in [5.41, 5.74) is 1.10. The lowest BCUT2D eigenvalue weighted by atomic mass is 10.2. The predicted molar refractivity (Wildman–Crippen MR) is 93.5 cm³/mol. The van der Waals surface area contributed by atoms with E-state index in [1.54, 1.807) is 24.3 Å². The molecule has 0 atom stereocenters. The molecule has 2 aromatic rings. The number of hydrogen-bond acceptors (Lipinski definition) is 4. The molecule has 130 valence electrons. The van der Waals surface area contributed by atoms with Crippen LogP contribution in [0, 0.1) is 0 Å². The van der Waals surface area contributed by atoms with Crippen LogP contribution in [0.2, 0.25) is 0 Å². The molecule has 24 heavy (non-hydrogen) atoms. The Balaban J connectivity index is 1.70. The summed E-state index contributed by atoms with van der Waals surface area (Å²) in [6.07, 6.45) is 0.614. The fourth-order valence-electron chi connectivity index (χ4n) is 2.11. The summed E-state index contributed by atoms with van der Waals surface area (Å²) in [4.78, 5) is 0.233. The van der Waals surface area contributed by atoms with Crippen molar-refractivity contribution in [3.8, 4) is 5.75 Å². The molecule has 0 aliphatic heterocycles. The van der Waals surface area contributed by atoms with Crippen molar-refractivity contribution in [3.05, 3.63) is 60.2 Å². The van der Waals surface area contributed by atoms with Crippen LogP contribution in [0.15, 0.2) is 59.5 Å². The summed E-state index contributed by atoms with van der Waals surface area (Å²) >= 11 is 0. The Kier molecular flexibility index (Phi) is 7.24. The lowest BCUT2D eigenvalue weighted by Crippen LogP contribution is -2.25. The van der Waals surface area contributed by atoms with Crippen LogP contribution in [-0.4, -0.2) is 28.2 Å². The van der Waals surface area contributed by atoms with Gasteiger partial charge in [-0.05, 0) is 43.2 Å². The van der Waals surface area contributed by atoms with Crippen LogP contribution in [-0.2, 0) is 21.4 Å². The van der Waals surface area contributed by atoms with Gasteiger partial charge in [0, 0.05) is 13.2 Å². The topological polar surface area (TPSA) is 64.6 Å². The zero-order valence-electron chi connectivity index (χ0n) is 13.8. The van der Waals surface area contributed by atoms with Crippen molar-refractivity contribution in [3.63, 3.8) is 0 Å². The van der Waals surface area contributed by atoms with E-state index in [1.807, 2.05) is 37.3 Å². The number of nitrogens with one attached hydrogen (secondary N) is 1. The molecule has 0 aromatic heterocycles. The maximum Gasteiger partial charge on any atom is 0.240 e.